The second kappa shape index (κ2) is 5.63. The molecule has 1 N–H and O–H groups in total. The van der Waals surface area contributed by atoms with Crippen LogP contribution in [0.5, 0.6) is 0 Å². The lowest BCUT2D eigenvalue weighted by Gasteiger charge is -2.35. The SMILES string of the molecule is CC1(C)CCCC(NCCc2ccncc2)C1. The van der Waals surface area contributed by atoms with Crippen LogP contribution in [-0.2, 0) is 6.42 Å². The normalized spacial score (nSPS) is 23.5. The highest BCUT2D eigenvalue weighted by atomic mass is 14.9. The molecule has 1 atom stereocenters. The van der Waals surface area contributed by atoms with Gasteiger partial charge in [0.2, 0.25) is 0 Å². The van der Waals surface area contributed by atoms with Crippen molar-refractivity contribution in [3.63, 3.8) is 0 Å². The maximum Gasteiger partial charge on any atom is 0.0270 e. The Kier molecular flexibility index (Phi) is 4.16. The van der Waals surface area contributed by atoms with E-state index in [1.165, 1.54) is 31.2 Å². The molecule has 0 amide bonds. The number of nitrogens with zero attached hydrogens (tertiary/aromatic N) is 1. The van der Waals surface area contributed by atoms with E-state index in [1.807, 2.05) is 12.4 Å². The van der Waals surface area contributed by atoms with Crippen molar-refractivity contribution >= 4 is 0 Å². The molecule has 94 valence electrons. The molecule has 1 saturated carbocycles. The second-order valence-electron chi connectivity index (χ2n) is 6.02. The summed E-state index contributed by atoms with van der Waals surface area (Å²) in [6, 6.07) is 4.93. The van der Waals surface area contributed by atoms with Crippen LogP contribution in [0.3, 0.4) is 0 Å². The van der Waals surface area contributed by atoms with Gasteiger partial charge >= 0.3 is 0 Å². The van der Waals surface area contributed by atoms with Crippen molar-refractivity contribution in [2.45, 2.75) is 52.0 Å². The van der Waals surface area contributed by atoms with Crippen LogP contribution < -0.4 is 5.32 Å². The fourth-order valence-corrected chi connectivity index (χ4v) is 2.84. The van der Waals surface area contributed by atoms with Crippen LogP contribution in [0.2, 0.25) is 0 Å². The third-order valence-corrected chi connectivity index (χ3v) is 3.80. The highest BCUT2D eigenvalue weighted by molar-refractivity contribution is 5.09. The third kappa shape index (κ3) is 4.12. The molecule has 1 aliphatic rings. The van der Waals surface area contributed by atoms with Crippen molar-refractivity contribution in [1.29, 1.82) is 0 Å². The first-order valence-electron chi connectivity index (χ1n) is 6.78. The minimum Gasteiger partial charge on any atom is -0.314 e. The Morgan fingerprint density at radius 3 is 2.82 bits per heavy atom. The summed E-state index contributed by atoms with van der Waals surface area (Å²) in [7, 11) is 0. The lowest BCUT2D eigenvalue weighted by Crippen LogP contribution is -2.38. The molecule has 1 aliphatic carbocycles. The van der Waals surface area contributed by atoms with E-state index < -0.39 is 0 Å². The molecule has 0 bridgehead atoms. The Bertz CT molecular complexity index is 332. The van der Waals surface area contributed by atoms with Gasteiger partial charge in [-0.15, -0.1) is 0 Å². The molecule has 2 nitrogen and oxygen atoms in total. The molecule has 17 heavy (non-hydrogen) atoms. The largest absolute Gasteiger partial charge is 0.314 e. The van der Waals surface area contributed by atoms with E-state index in [2.05, 4.69) is 36.3 Å². The zero-order chi connectivity index (χ0) is 12.1. The Hall–Kier alpha value is -0.890. The van der Waals surface area contributed by atoms with Gasteiger partial charge in [0, 0.05) is 18.4 Å². The summed E-state index contributed by atoms with van der Waals surface area (Å²) in [5.41, 5.74) is 1.91. The Balaban J connectivity index is 1.72. The number of aromatic nitrogens is 1. The van der Waals surface area contributed by atoms with E-state index in [1.54, 1.807) is 0 Å². The van der Waals surface area contributed by atoms with Gasteiger partial charge < -0.3 is 5.32 Å². The van der Waals surface area contributed by atoms with Crippen molar-refractivity contribution in [2.75, 3.05) is 6.54 Å². The highest BCUT2D eigenvalue weighted by Gasteiger charge is 2.27. The summed E-state index contributed by atoms with van der Waals surface area (Å²) in [4.78, 5) is 4.04. The number of pyridine rings is 1. The smallest absolute Gasteiger partial charge is 0.0270 e. The van der Waals surface area contributed by atoms with E-state index in [0.717, 1.165) is 19.0 Å². The van der Waals surface area contributed by atoms with E-state index >= 15 is 0 Å². The molecular weight excluding hydrogens is 208 g/mol. The Labute approximate surface area is 105 Å². The molecule has 1 unspecified atom stereocenters. The fourth-order valence-electron chi connectivity index (χ4n) is 2.84. The first-order valence-corrected chi connectivity index (χ1v) is 6.78. The van der Waals surface area contributed by atoms with E-state index in [9.17, 15) is 0 Å². The minimum atomic E-state index is 0.534. The van der Waals surface area contributed by atoms with Gasteiger partial charge in [0.15, 0.2) is 0 Å². The minimum absolute atomic E-state index is 0.534. The van der Waals surface area contributed by atoms with Gasteiger partial charge in [-0.05, 0) is 55.3 Å². The number of hydrogen-bond acceptors (Lipinski definition) is 2. The average molecular weight is 232 g/mol. The summed E-state index contributed by atoms with van der Waals surface area (Å²) in [5.74, 6) is 0. The van der Waals surface area contributed by atoms with Crippen LogP contribution in [0.1, 0.15) is 45.1 Å². The molecule has 2 rings (SSSR count). The number of rotatable bonds is 4. The van der Waals surface area contributed by atoms with Crippen molar-refractivity contribution in [2.24, 2.45) is 5.41 Å². The predicted molar refractivity (Wildman–Crippen MR) is 72.0 cm³/mol. The molecule has 0 spiro atoms. The number of nitrogens with one attached hydrogen (secondary N) is 1. The first-order chi connectivity index (χ1) is 8.16. The van der Waals surface area contributed by atoms with E-state index in [0.29, 0.717) is 5.41 Å². The summed E-state index contributed by atoms with van der Waals surface area (Å²) < 4.78 is 0. The molecule has 1 aromatic heterocycles. The Morgan fingerprint density at radius 2 is 2.12 bits per heavy atom. The highest BCUT2D eigenvalue weighted by Crippen LogP contribution is 2.34. The molecule has 0 aromatic carbocycles. The average Bonchev–Trinajstić information content (AvgIpc) is 2.29. The molecule has 1 aromatic rings. The molecule has 1 fully saturated rings. The quantitative estimate of drug-likeness (QED) is 0.862. The maximum absolute atomic E-state index is 4.04. The first kappa shape index (κ1) is 12.6. The third-order valence-electron chi connectivity index (χ3n) is 3.80. The molecule has 0 aliphatic heterocycles. The van der Waals surface area contributed by atoms with Crippen LogP contribution >= 0.6 is 0 Å². The summed E-state index contributed by atoms with van der Waals surface area (Å²) in [6.45, 7) is 5.87. The van der Waals surface area contributed by atoms with Crippen LogP contribution in [-0.4, -0.2) is 17.6 Å². The van der Waals surface area contributed by atoms with Crippen LogP contribution in [0.15, 0.2) is 24.5 Å². The summed E-state index contributed by atoms with van der Waals surface area (Å²) in [5, 5.41) is 3.71. The zero-order valence-electron chi connectivity index (χ0n) is 11.1. The molecule has 0 saturated heterocycles. The lowest BCUT2D eigenvalue weighted by molar-refractivity contribution is 0.199. The van der Waals surface area contributed by atoms with Crippen LogP contribution in [0, 0.1) is 5.41 Å². The van der Waals surface area contributed by atoms with Crippen LogP contribution in [0.25, 0.3) is 0 Å². The Morgan fingerprint density at radius 1 is 1.35 bits per heavy atom. The lowest BCUT2D eigenvalue weighted by atomic mass is 9.75. The fraction of sp³-hybridized carbons (Fsp3) is 0.667. The van der Waals surface area contributed by atoms with Gasteiger partial charge in [0.25, 0.3) is 0 Å². The topological polar surface area (TPSA) is 24.9 Å². The van der Waals surface area contributed by atoms with E-state index in [4.69, 9.17) is 0 Å². The van der Waals surface area contributed by atoms with Gasteiger partial charge in [-0.1, -0.05) is 20.3 Å². The van der Waals surface area contributed by atoms with Gasteiger partial charge in [0.05, 0.1) is 0 Å². The van der Waals surface area contributed by atoms with Gasteiger partial charge in [-0.3, -0.25) is 4.98 Å². The van der Waals surface area contributed by atoms with E-state index in [-0.39, 0.29) is 0 Å². The number of hydrogen-bond donors (Lipinski definition) is 1. The van der Waals surface area contributed by atoms with Gasteiger partial charge in [-0.2, -0.15) is 0 Å². The molecule has 1 heterocycles. The van der Waals surface area contributed by atoms with Crippen molar-refractivity contribution in [3.8, 4) is 0 Å². The second-order valence-corrected chi connectivity index (χ2v) is 6.02. The summed E-state index contributed by atoms with van der Waals surface area (Å²) in [6.07, 6.45) is 10.3. The van der Waals surface area contributed by atoms with Crippen molar-refractivity contribution in [1.82, 2.24) is 10.3 Å². The molecule has 0 radical (unpaired) electrons. The zero-order valence-corrected chi connectivity index (χ0v) is 11.1. The van der Waals surface area contributed by atoms with Gasteiger partial charge in [0.1, 0.15) is 0 Å². The standard InChI is InChI=1S/C15H24N2/c1-15(2)8-3-4-14(12-15)17-11-7-13-5-9-16-10-6-13/h5-6,9-10,14,17H,3-4,7-8,11-12H2,1-2H3. The summed E-state index contributed by atoms with van der Waals surface area (Å²) >= 11 is 0. The predicted octanol–water partition coefficient (Wildman–Crippen LogP) is 3.18. The van der Waals surface area contributed by atoms with Crippen molar-refractivity contribution < 1.29 is 0 Å². The maximum atomic E-state index is 4.04. The molecular formula is C15H24N2. The van der Waals surface area contributed by atoms with Gasteiger partial charge in [-0.25, -0.2) is 0 Å². The van der Waals surface area contributed by atoms with Crippen molar-refractivity contribution in [3.05, 3.63) is 30.1 Å². The monoisotopic (exact) mass is 232 g/mol. The molecule has 2 heteroatoms. The van der Waals surface area contributed by atoms with Crippen LogP contribution in [0.4, 0.5) is 0 Å².